The first-order valence-electron chi connectivity index (χ1n) is 23.3. The minimum Gasteiger partial charge on any atom is -0.396 e. The third-order valence-electron chi connectivity index (χ3n) is 11.2. The Hall–Kier alpha value is -5.07. The maximum Gasteiger partial charge on any atom is 0.273 e. The Labute approximate surface area is 372 Å². The second kappa shape index (κ2) is 28.6. The van der Waals surface area contributed by atoms with Crippen LogP contribution in [0, 0.1) is 0 Å². The van der Waals surface area contributed by atoms with Gasteiger partial charge in [-0.25, -0.2) is 14.0 Å². The van der Waals surface area contributed by atoms with Crippen molar-refractivity contribution < 1.29 is 29.7 Å². The van der Waals surface area contributed by atoms with Gasteiger partial charge in [-0.2, -0.15) is 0 Å². The first-order valence-corrected chi connectivity index (χ1v) is 23.3. The summed E-state index contributed by atoms with van der Waals surface area (Å²) >= 11 is 0. The van der Waals surface area contributed by atoms with E-state index in [0.717, 1.165) is 113 Å². The van der Waals surface area contributed by atoms with Crippen LogP contribution in [0.25, 0.3) is 0 Å². The Morgan fingerprint density at radius 2 is 0.714 bits per heavy atom. The summed E-state index contributed by atoms with van der Waals surface area (Å²) in [6.07, 6.45) is 21.3. The van der Waals surface area contributed by atoms with Crippen molar-refractivity contribution in [2.75, 3.05) is 39.5 Å². The zero-order valence-electron chi connectivity index (χ0n) is 37.9. The van der Waals surface area contributed by atoms with Gasteiger partial charge in [-0.15, -0.1) is 15.3 Å². The molecule has 1 aromatic carbocycles. The van der Waals surface area contributed by atoms with E-state index in [9.17, 15) is 29.7 Å². The van der Waals surface area contributed by atoms with Crippen molar-refractivity contribution in [2.24, 2.45) is 0 Å². The highest BCUT2D eigenvalue weighted by Crippen LogP contribution is 2.35. The molecule has 0 saturated carbocycles. The third kappa shape index (κ3) is 16.2. The topological polar surface area (TPSA) is 240 Å². The van der Waals surface area contributed by atoms with Crippen LogP contribution in [0.15, 0.2) is 18.6 Å². The van der Waals surface area contributed by atoms with E-state index in [4.69, 9.17) is 0 Å². The largest absolute Gasteiger partial charge is 0.396 e. The number of carbonyl (C=O) groups excluding carboxylic acids is 3. The number of aromatic nitrogens is 9. The predicted molar refractivity (Wildman–Crippen MR) is 239 cm³/mol. The van der Waals surface area contributed by atoms with E-state index in [2.05, 4.69) is 67.7 Å². The summed E-state index contributed by atoms with van der Waals surface area (Å²) in [5.74, 6) is -1.08. The first kappa shape index (κ1) is 50.6. The Bertz CT molecular complexity index is 1730. The molecular weight excluding hydrogens is 805 g/mol. The molecule has 0 fully saturated rings. The maximum atomic E-state index is 13.1. The standard InChI is InChI=1S/C45H72N12O6/c1-4-7-10-13-19-34-37(28-55-31-40(49-52-55)43(61)46-22-16-25-58)35(20-14-11-8-5-2)39(30-57-33-42(51-54-57)45(63)48-24-18-27-60)36(21-15-12-9-6-3)38(34)29-56-32-41(50-53-56)44(62)47-23-17-26-59/h31-33,58-60H,4-30H2,1-3H3,(H,46,61)(H,47,62)(H,48,63). The lowest BCUT2D eigenvalue weighted by Crippen LogP contribution is -2.25. The number of rotatable bonds is 33. The van der Waals surface area contributed by atoms with Crippen LogP contribution in [0.3, 0.4) is 0 Å². The number of benzene rings is 1. The molecule has 3 amide bonds. The maximum absolute atomic E-state index is 13.1. The molecule has 4 rings (SSSR count). The summed E-state index contributed by atoms with van der Waals surface area (Å²) in [5.41, 5.74) is 7.47. The summed E-state index contributed by atoms with van der Waals surface area (Å²) in [4.78, 5) is 39.2. The van der Waals surface area contributed by atoms with E-state index < -0.39 is 0 Å². The fraction of sp³-hybridized carbons (Fsp3) is 0.667. The van der Waals surface area contributed by atoms with Gasteiger partial charge in [0.1, 0.15) is 0 Å². The van der Waals surface area contributed by atoms with Crippen LogP contribution in [0.4, 0.5) is 0 Å². The van der Waals surface area contributed by atoms with Gasteiger partial charge in [0.15, 0.2) is 17.1 Å². The summed E-state index contributed by atoms with van der Waals surface area (Å²) in [7, 11) is 0. The number of aliphatic hydroxyl groups excluding tert-OH is 3. The lowest BCUT2D eigenvalue weighted by atomic mass is 9.80. The van der Waals surface area contributed by atoms with Crippen LogP contribution in [0.5, 0.6) is 0 Å². The molecule has 0 spiro atoms. The van der Waals surface area contributed by atoms with Crippen LogP contribution in [-0.4, -0.2) is 117 Å². The number of amides is 3. The van der Waals surface area contributed by atoms with Gasteiger partial charge in [0.05, 0.1) is 38.2 Å². The van der Waals surface area contributed by atoms with Gasteiger partial charge < -0.3 is 31.3 Å². The molecule has 0 aliphatic heterocycles. The Morgan fingerprint density at radius 3 is 0.968 bits per heavy atom. The molecule has 3 heterocycles. The highest BCUT2D eigenvalue weighted by molar-refractivity contribution is 5.92. The molecule has 4 aromatic rings. The smallest absolute Gasteiger partial charge is 0.273 e. The van der Waals surface area contributed by atoms with Crippen LogP contribution < -0.4 is 16.0 Å². The number of carbonyl (C=O) groups is 3. The molecule has 63 heavy (non-hydrogen) atoms. The molecule has 3 aromatic heterocycles. The van der Waals surface area contributed by atoms with Gasteiger partial charge in [-0.05, 0) is 91.2 Å². The minimum atomic E-state index is -0.358. The van der Waals surface area contributed by atoms with E-state index >= 15 is 0 Å². The Kier molecular flexibility index (Phi) is 22.9. The van der Waals surface area contributed by atoms with Gasteiger partial charge in [0.25, 0.3) is 17.7 Å². The number of hydrogen-bond acceptors (Lipinski definition) is 12. The molecule has 0 aliphatic rings. The van der Waals surface area contributed by atoms with Gasteiger partial charge in [-0.3, -0.25) is 14.4 Å². The third-order valence-corrected chi connectivity index (χ3v) is 11.2. The van der Waals surface area contributed by atoms with Gasteiger partial charge in [0.2, 0.25) is 0 Å². The molecule has 18 heteroatoms. The molecule has 0 radical (unpaired) electrons. The molecule has 348 valence electrons. The average Bonchev–Trinajstić information content (AvgIpc) is 4.07. The monoisotopic (exact) mass is 877 g/mol. The van der Waals surface area contributed by atoms with Gasteiger partial charge in [-0.1, -0.05) is 94.2 Å². The fourth-order valence-corrected chi connectivity index (χ4v) is 7.80. The van der Waals surface area contributed by atoms with E-state index in [1.165, 1.54) is 16.7 Å². The molecule has 0 saturated heterocycles. The quantitative estimate of drug-likeness (QED) is 0.0367. The molecule has 0 atom stereocenters. The normalized spacial score (nSPS) is 11.3. The molecule has 18 nitrogen and oxygen atoms in total. The second-order valence-corrected chi connectivity index (χ2v) is 16.2. The zero-order valence-corrected chi connectivity index (χ0v) is 37.9. The molecular formula is C45H72N12O6. The van der Waals surface area contributed by atoms with E-state index in [1.807, 2.05) is 0 Å². The lowest BCUT2D eigenvalue weighted by Gasteiger charge is -2.28. The molecule has 6 N–H and O–H groups in total. The van der Waals surface area contributed by atoms with Crippen molar-refractivity contribution in [2.45, 2.75) is 156 Å². The van der Waals surface area contributed by atoms with Crippen molar-refractivity contribution in [3.63, 3.8) is 0 Å². The van der Waals surface area contributed by atoms with Crippen molar-refractivity contribution in [1.82, 2.24) is 60.9 Å². The number of unbranched alkanes of at least 4 members (excludes halogenated alkanes) is 9. The van der Waals surface area contributed by atoms with Crippen LogP contribution in [0.1, 0.15) is 182 Å². The number of aliphatic hydroxyl groups is 3. The first-order chi connectivity index (χ1) is 30.8. The van der Waals surface area contributed by atoms with Crippen molar-refractivity contribution in [3.8, 4) is 0 Å². The van der Waals surface area contributed by atoms with E-state index in [-0.39, 0.29) is 54.6 Å². The highest BCUT2D eigenvalue weighted by Gasteiger charge is 2.26. The second-order valence-electron chi connectivity index (χ2n) is 16.2. The highest BCUT2D eigenvalue weighted by atomic mass is 16.3. The molecule has 0 bridgehead atoms. The van der Waals surface area contributed by atoms with Crippen molar-refractivity contribution >= 4 is 17.7 Å². The number of nitrogens with one attached hydrogen (secondary N) is 3. The minimum absolute atomic E-state index is 0.0320. The van der Waals surface area contributed by atoms with Crippen molar-refractivity contribution in [3.05, 3.63) is 69.1 Å². The van der Waals surface area contributed by atoms with Crippen LogP contribution in [-0.2, 0) is 38.9 Å². The number of nitrogens with zero attached hydrogens (tertiary/aromatic N) is 9. The van der Waals surface area contributed by atoms with Gasteiger partial charge in [0, 0.05) is 39.5 Å². The fourth-order valence-electron chi connectivity index (χ4n) is 7.80. The van der Waals surface area contributed by atoms with Gasteiger partial charge >= 0.3 is 0 Å². The SMILES string of the molecule is CCCCCCc1c(Cn2cc(C(=O)NCCCO)nn2)c(CCCCCC)c(Cn2cc(C(=O)NCCCO)nn2)c(CCCCCC)c1Cn1cc(C(=O)NCCCO)nn1. The van der Waals surface area contributed by atoms with Crippen LogP contribution in [0.2, 0.25) is 0 Å². The van der Waals surface area contributed by atoms with Crippen LogP contribution >= 0.6 is 0 Å². The van der Waals surface area contributed by atoms with E-state index in [0.29, 0.717) is 58.5 Å². The summed E-state index contributed by atoms with van der Waals surface area (Å²) in [6, 6.07) is 0. The Morgan fingerprint density at radius 1 is 0.429 bits per heavy atom. The molecule has 0 aliphatic carbocycles. The van der Waals surface area contributed by atoms with Crippen molar-refractivity contribution in [1.29, 1.82) is 0 Å². The summed E-state index contributed by atoms with van der Waals surface area (Å²) in [5, 5.41) is 62.4. The predicted octanol–water partition coefficient (Wildman–Crippen LogP) is 4.31. The summed E-state index contributed by atoms with van der Waals surface area (Å²) in [6.45, 7) is 8.53. The lowest BCUT2D eigenvalue weighted by molar-refractivity contribution is 0.0937. The Balaban J connectivity index is 1.97. The molecule has 0 unspecified atom stereocenters. The summed E-state index contributed by atoms with van der Waals surface area (Å²) < 4.78 is 5.18. The average molecular weight is 877 g/mol. The zero-order chi connectivity index (χ0) is 45.2. The number of hydrogen-bond donors (Lipinski definition) is 6. The van der Waals surface area contributed by atoms with E-state index in [1.54, 1.807) is 32.6 Å².